The Kier molecular flexibility index (Phi) is 3.36. The Morgan fingerprint density at radius 1 is 1.00 bits per heavy atom. The fourth-order valence-electron chi connectivity index (χ4n) is 1.71. The number of benzene rings is 2. The number of fused-ring (bicyclic) bond motifs is 2. The van der Waals surface area contributed by atoms with Gasteiger partial charge in [0.25, 0.3) is 0 Å². The first-order chi connectivity index (χ1) is 9.00. The van der Waals surface area contributed by atoms with Crippen molar-refractivity contribution in [1.29, 1.82) is 0 Å². The Bertz CT molecular complexity index is 845. The van der Waals surface area contributed by atoms with E-state index in [4.69, 9.17) is 46.4 Å². The normalized spacial score (nSPS) is 11.4. The number of halogens is 4. The van der Waals surface area contributed by atoms with Crippen LogP contribution in [0.15, 0.2) is 23.0 Å². The van der Waals surface area contributed by atoms with E-state index >= 15 is 0 Å². The highest BCUT2D eigenvalue weighted by atomic mass is 35.5. The molecule has 0 unspecified atom stereocenters. The molecule has 1 heterocycles. The third-order valence-electron chi connectivity index (χ3n) is 2.60. The van der Waals surface area contributed by atoms with Gasteiger partial charge in [-0.1, -0.05) is 52.5 Å². The summed E-state index contributed by atoms with van der Waals surface area (Å²) in [5.74, 6) is 0. The van der Waals surface area contributed by atoms with Crippen molar-refractivity contribution in [3.63, 3.8) is 0 Å². The van der Waals surface area contributed by atoms with Gasteiger partial charge in [0.05, 0.1) is 25.1 Å². The second kappa shape index (κ2) is 4.76. The molecule has 0 fully saturated rings. The summed E-state index contributed by atoms with van der Waals surface area (Å²) >= 11 is 25.3. The Balaban J connectivity index is 2.60. The van der Waals surface area contributed by atoms with E-state index in [0.29, 0.717) is 21.1 Å². The van der Waals surface area contributed by atoms with Crippen LogP contribution < -0.4 is 5.43 Å². The second-order valence-electron chi connectivity index (χ2n) is 3.75. The Morgan fingerprint density at radius 3 is 2.47 bits per heavy atom. The molecule has 0 N–H and O–H groups in total. The topological polar surface area (TPSA) is 30.0 Å². The second-order valence-corrected chi connectivity index (χ2v) is 6.34. The lowest BCUT2D eigenvalue weighted by Crippen LogP contribution is -2.06. The Morgan fingerprint density at radius 2 is 1.74 bits per heavy atom. The van der Waals surface area contributed by atoms with Gasteiger partial charge >= 0.3 is 0 Å². The van der Waals surface area contributed by atoms with Crippen LogP contribution in [0.5, 0.6) is 0 Å². The van der Waals surface area contributed by atoms with Crippen LogP contribution in [0.2, 0.25) is 20.1 Å². The van der Waals surface area contributed by atoms with Crippen molar-refractivity contribution in [2.24, 2.45) is 0 Å². The average Bonchev–Trinajstić information content (AvgIpc) is 2.42. The molecule has 1 aromatic carbocycles. The minimum Gasteiger partial charge on any atom is -0.286 e. The van der Waals surface area contributed by atoms with E-state index in [1.807, 2.05) is 6.07 Å². The van der Waals surface area contributed by atoms with Gasteiger partial charge in [-0.15, -0.1) is 11.3 Å². The van der Waals surface area contributed by atoms with Gasteiger partial charge in [-0.2, -0.15) is 0 Å². The molecule has 0 aromatic heterocycles. The molecule has 0 bridgehead atoms. The average molecular weight is 351 g/mol. The lowest BCUT2D eigenvalue weighted by Gasteiger charge is -2.11. The van der Waals surface area contributed by atoms with Crippen molar-refractivity contribution in [1.82, 2.24) is 4.98 Å². The summed E-state index contributed by atoms with van der Waals surface area (Å²) in [7, 11) is 0. The molecule has 0 amide bonds. The van der Waals surface area contributed by atoms with E-state index in [1.165, 1.54) is 11.3 Å². The van der Waals surface area contributed by atoms with Crippen LogP contribution in [0, 0.1) is 0 Å². The van der Waals surface area contributed by atoms with Crippen molar-refractivity contribution in [3.8, 4) is 10.6 Å². The summed E-state index contributed by atoms with van der Waals surface area (Å²) in [5.41, 5.74) is 0.511. The van der Waals surface area contributed by atoms with Crippen LogP contribution in [-0.4, -0.2) is 4.98 Å². The van der Waals surface area contributed by atoms with E-state index in [1.54, 1.807) is 12.1 Å². The van der Waals surface area contributed by atoms with E-state index in [0.717, 1.165) is 4.70 Å². The Labute approximate surface area is 131 Å². The van der Waals surface area contributed by atoms with Crippen molar-refractivity contribution in [3.05, 3.63) is 48.5 Å². The number of nitrogens with zero attached hydrogens (tertiary/aromatic N) is 1. The van der Waals surface area contributed by atoms with Crippen molar-refractivity contribution < 1.29 is 0 Å². The lowest BCUT2D eigenvalue weighted by molar-refractivity contribution is 1.41. The van der Waals surface area contributed by atoms with Gasteiger partial charge in [-0.25, -0.2) is 4.98 Å². The van der Waals surface area contributed by atoms with Crippen LogP contribution in [0.3, 0.4) is 0 Å². The quantitative estimate of drug-likeness (QED) is 0.402. The van der Waals surface area contributed by atoms with Gasteiger partial charge in [0.2, 0.25) is 5.43 Å². The molecule has 0 saturated heterocycles. The van der Waals surface area contributed by atoms with E-state index in [2.05, 4.69) is 4.98 Å². The molecule has 1 aliphatic heterocycles. The van der Waals surface area contributed by atoms with Crippen LogP contribution in [0.25, 0.3) is 20.8 Å². The maximum absolute atomic E-state index is 11.8. The summed E-state index contributed by atoms with van der Waals surface area (Å²) < 4.78 is 0.819. The lowest BCUT2D eigenvalue weighted by atomic mass is 10.2. The summed E-state index contributed by atoms with van der Waals surface area (Å²) in [4.78, 5) is 16.7. The molecule has 7 heteroatoms. The molecule has 96 valence electrons. The standard InChI is InChI=1S/C12H3Cl4NOS/c13-4-2-1-3-5-9(4)17-10-6(14)7(15)11(18)8(16)12(10)19-5/h1-3H. The Hall–Kier alpha value is -0.580. The van der Waals surface area contributed by atoms with Crippen molar-refractivity contribution >= 4 is 68.0 Å². The van der Waals surface area contributed by atoms with Gasteiger partial charge in [0, 0.05) is 0 Å². The third kappa shape index (κ3) is 2.01. The van der Waals surface area contributed by atoms with Crippen molar-refractivity contribution in [2.75, 3.05) is 0 Å². The maximum atomic E-state index is 11.8. The van der Waals surface area contributed by atoms with Crippen LogP contribution in [-0.2, 0) is 0 Å². The van der Waals surface area contributed by atoms with Gasteiger partial charge in [0.15, 0.2) is 0 Å². The molecule has 0 saturated carbocycles. The van der Waals surface area contributed by atoms with E-state index in [-0.39, 0.29) is 15.1 Å². The van der Waals surface area contributed by atoms with Crippen LogP contribution >= 0.6 is 57.7 Å². The first kappa shape index (κ1) is 13.4. The van der Waals surface area contributed by atoms with Crippen LogP contribution in [0.4, 0.5) is 0 Å². The fraction of sp³-hybridized carbons (Fsp3) is 0. The smallest absolute Gasteiger partial charge is 0.218 e. The van der Waals surface area contributed by atoms with Gasteiger partial charge in [-0.05, 0) is 12.1 Å². The number of hydrogen-bond acceptors (Lipinski definition) is 3. The molecule has 1 aliphatic carbocycles. The zero-order chi connectivity index (χ0) is 13.7. The number of hydrogen-bond donors (Lipinski definition) is 0. The minimum atomic E-state index is -0.486. The zero-order valence-corrected chi connectivity index (χ0v) is 12.8. The number of aromatic nitrogens is 1. The minimum absolute atomic E-state index is 0.0313. The highest BCUT2D eigenvalue weighted by Gasteiger charge is 2.22. The predicted octanol–water partition coefficient (Wildman–Crippen LogP) is 5.37. The largest absolute Gasteiger partial charge is 0.286 e. The molecule has 0 radical (unpaired) electrons. The molecule has 2 aliphatic rings. The molecular formula is C12H3Cl4NOS. The summed E-state index contributed by atoms with van der Waals surface area (Å²) in [6, 6.07) is 5.38. The highest BCUT2D eigenvalue weighted by molar-refractivity contribution is 7.22. The van der Waals surface area contributed by atoms with E-state index < -0.39 is 5.43 Å². The number of para-hydroxylation sites is 1. The highest BCUT2D eigenvalue weighted by Crippen LogP contribution is 2.42. The third-order valence-corrected chi connectivity index (χ3v) is 5.35. The predicted molar refractivity (Wildman–Crippen MR) is 82.6 cm³/mol. The zero-order valence-electron chi connectivity index (χ0n) is 9.01. The molecule has 0 spiro atoms. The first-order valence-corrected chi connectivity index (χ1v) is 7.39. The van der Waals surface area contributed by atoms with E-state index in [9.17, 15) is 4.79 Å². The number of rotatable bonds is 0. The van der Waals surface area contributed by atoms with Gasteiger partial charge < -0.3 is 0 Å². The molecule has 3 rings (SSSR count). The molecule has 0 atom stereocenters. The van der Waals surface area contributed by atoms with Crippen LogP contribution in [0.1, 0.15) is 0 Å². The monoisotopic (exact) mass is 349 g/mol. The van der Waals surface area contributed by atoms with Gasteiger partial charge in [-0.3, -0.25) is 4.79 Å². The molecule has 19 heavy (non-hydrogen) atoms. The first-order valence-electron chi connectivity index (χ1n) is 5.06. The van der Waals surface area contributed by atoms with Gasteiger partial charge in [0.1, 0.15) is 15.7 Å². The molecular weight excluding hydrogens is 348 g/mol. The summed E-state index contributed by atoms with van der Waals surface area (Å²) in [6.45, 7) is 0. The maximum Gasteiger partial charge on any atom is 0.218 e. The molecule has 2 nitrogen and oxygen atoms in total. The SMILES string of the molecule is O=c1c(Cl)c2sc3cccc(Cl)c3nc-2c(Cl)c1Cl. The summed E-state index contributed by atoms with van der Waals surface area (Å²) in [5, 5.41) is 0.517. The van der Waals surface area contributed by atoms with Crippen molar-refractivity contribution in [2.45, 2.75) is 0 Å². The fourth-order valence-corrected chi connectivity index (χ4v) is 3.84. The summed E-state index contributed by atoms with van der Waals surface area (Å²) in [6.07, 6.45) is 0. The molecule has 1 aromatic rings.